The number of aliphatic hydroxyl groups is 1. The molecule has 0 aliphatic heterocycles. The van der Waals surface area contributed by atoms with Crippen molar-refractivity contribution in [3.63, 3.8) is 0 Å². The van der Waals surface area contributed by atoms with Crippen LogP contribution >= 0.6 is 0 Å². The number of hydrogen-bond donors (Lipinski definition) is 1. The minimum Gasteiger partial charge on any atom is -0.393 e. The molecule has 0 radical (unpaired) electrons. The maximum absolute atomic E-state index is 11.8. The van der Waals surface area contributed by atoms with Gasteiger partial charge in [-0.25, -0.2) is 0 Å². The van der Waals surface area contributed by atoms with E-state index in [1.165, 1.54) is 49.7 Å². The van der Waals surface area contributed by atoms with Gasteiger partial charge in [-0.05, 0) is 124 Å². The highest BCUT2D eigenvalue weighted by Crippen LogP contribution is 2.75. The molecule has 4 aliphatic carbocycles. The van der Waals surface area contributed by atoms with Gasteiger partial charge in [0.1, 0.15) is 0 Å². The van der Waals surface area contributed by atoms with Crippen molar-refractivity contribution in [1.29, 1.82) is 0 Å². The van der Waals surface area contributed by atoms with Gasteiger partial charge in [0.2, 0.25) is 0 Å². The van der Waals surface area contributed by atoms with Gasteiger partial charge in [0.25, 0.3) is 0 Å². The summed E-state index contributed by atoms with van der Waals surface area (Å²) in [5.74, 6) is 2.23. The van der Waals surface area contributed by atoms with Crippen LogP contribution in [0, 0.1) is 45.3 Å². The van der Waals surface area contributed by atoms with Crippen molar-refractivity contribution in [3.05, 3.63) is 23.3 Å². The molecule has 0 aromatic carbocycles. The second kappa shape index (κ2) is 9.05. The Hall–Kier alpha value is -0.600. The summed E-state index contributed by atoms with van der Waals surface area (Å²) in [5, 5.41) is 11.8. The zero-order chi connectivity index (χ0) is 25.1. The summed E-state index contributed by atoms with van der Waals surface area (Å²) < 4.78 is 6.29. The summed E-state index contributed by atoms with van der Waals surface area (Å²) in [6.45, 7) is 22.5. The molecule has 34 heavy (non-hydrogen) atoms. The first-order chi connectivity index (χ1) is 15.8. The highest BCUT2D eigenvalue weighted by molar-refractivity contribution is 5.23. The smallest absolute Gasteiger partial charge is 0.0628 e. The second-order valence-corrected chi connectivity index (χ2v) is 14.2. The molecule has 4 aliphatic rings. The second-order valence-electron chi connectivity index (χ2n) is 14.2. The Kier molecular flexibility index (Phi) is 7.05. The Balaban J connectivity index is 1.65. The predicted molar refractivity (Wildman–Crippen MR) is 144 cm³/mol. The van der Waals surface area contributed by atoms with E-state index in [-0.39, 0.29) is 16.9 Å². The number of ether oxygens (including phenoxy) is 1. The average molecular weight is 471 g/mol. The number of aliphatic hydroxyl groups excluding tert-OH is 1. The van der Waals surface area contributed by atoms with Crippen molar-refractivity contribution in [2.45, 2.75) is 126 Å². The van der Waals surface area contributed by atoms with Crippen LogP contribution in [-0.2, 0) is 4.74 Å². The minimum atomic E-state index is -0.175. The Bertz CT molecular complexity index is 819. The lowest BCUT2D eigenvalue weighted by atomic mass is 9.35. The summed E-state index contributed by atoms with van der Waals surface area (Å²) in [7, 11) is 0. The van der Waals surface area contributed by atoms with Crippen LogP contribution in [0.2, 0.25) is 0 Å². The Morgan fingerprint density at radius 2 is 1.56 bits per heavy atom. The first-order valence-corrected chi connectivity index (χ1v) is 14.4. The third kappa shape index (κ3) is 3.80. The van der Waals surface area contributed by atoms with E-state index in [0.29, 0.717) is 40.6 Å². The van der Waals surface area contributed by atoms with E-state index < -0.39 is 0 Å². The zero-order valence-electron chi connectivity index (χ0n) is 23.8. The first-order valence-electron chi connectivity index (χ1n) is 14.4. The predicted octanol–water partition coefficient (Wildman–Crippen LogP) is 8.35. The summed E-state index contributed by atoms with van der Waals surface area (Å²) in [4.78, 5) is 0. The van der Waals surface area contributed by atoms with Gasteiger partial charge in [0.15, 0.2) is 0 Å². The van der Waals surface area contributed by atoms with E-state index in [9.17, 15) is 5.11 Å². The molecule has 9 atom stereocenters. The van der Waals surface area contributed by atoms with Gasteiger partial charge in [-0.1, -0.05) is 57.9 Å². The quantitative estimate of drug-likeness (QED) is 0.409. The van der Waals surface area contributed by atoms with E-state index in [4.69, 9.17) is 4.74 Å². The lowest BCUT2D eigenvalue weighted by molar-refractivity contribution is -0.244. The zero-order valence-corrected chi connectivity index (χ0v) is 23.8. The molecule has 8 unspecified atom stereocenters. The van der Waals surface area contributed by atoms with Crippen LogP contribution in [0.25, 0.3) is 0 Å². The molecule has 0 aromatic rings. The molecule has 4 fully saturated rings. The van der Waals surface area contributed by atoms with Crippen LogP contribution in [0.1, 0.15) is 114 Å². The fourth-order valence-electron chi connectivity index (χ4n) is 10.4. The van der Waals surface area contributed by atoms with Crippen LogP contribution in [0.5, 0.6) is 0 Å². The van der Waals surface area contributed by atoms with Crippen molar-refractivity contribution < 1.29 is 9.84 Å². The van der Waals surface area contributed by atoms with E-state index in [2.05, 4.69) is 74.5 Å². The van der Waals surface area contributed by atoms with Crippen molar-refractivity contribution in [3.8, 4) is 0 Å². The number of rotatable bonds is 5. The van der Waals surface area contributed by atoms with Gasteiger partial charge in [-0.15, -0.1) is 0 Å². The molecule has 0 saturated heterocycles. The SMILES string of the molecule is CCO[C@H]1CCC2(C)C(CCC3(C)C2CC(O)C2C(/C(C)=C/CC=C(C)C)CCC23C)C1(C)C. The molecule has 0 spiro atoms. The largest absolute Gasteiger partial charge is 0.393 e. The Morgan fingerprint density at radius 1 is 0.882 bits per heavy atom. The highest BCUT2D eigenvalue weighted by atomic mass is 16.5. The van der Waals surface area contributed by atoms with Gasteiger partial charge in [-0.3, -0.25) is 0 Å². The molecule has 2 heteroatoms. The molecule has 0 amide bonds. The highest BCUT2D eigenvalue weighted by Gasteiger charge is 2.70. The average Bonchev–Trinajstić information content (AvgIpc) is 3.12. The third-order valence-corrected chi connectivity index (χ3v) is 12.2. The molecule has 194 valence electrons. The minimum absolute atomic E-state index is 0.175. The molecular weight excluding hydrogens is 416 g/mol. The van der Waals surface area contributed by atoms with E-state index in [0.717, 1.165) is 19.4 Å². The molecule has 4 rings (SSSR count). The third-order valence-electron chi connectivity index (χ3n) is 12.2. The number of fused-ring (bicyclic) bond motifs is 5. The van der Waals surface area contributed by atoms with Crippen LogP contribution in [0.4, 0.5) is 0 Å². The van der Waals surface area contributed by atoms with Crippen molar-refractivity contribution in [2.24, 2.45) is 45.3 Å². The van der Waals surface area contributed by atoms with E-state index in [1.807, 2.05) is 0 Å². The normalized spacial score (nSPS) is 48.0. The van der Waals surface area contributed by atoms with Gasteiger partial charge >= 0.3 is 0 Å². The fourth-order valence-corrected chi connectivity index (χ4v) is 10.4. The van der Waals surface area contributed by atoms with Crippen molar-refractivity contribution in [2.75, 3.05) is 6.61 Å². The lowest BCUT2D eigenvalue weighted by Gasteiger charge is -2.70. The summed E-state index contributed by atoms with van der Waals surface area (Å²) in [6, 6.07) is 0. The van der Waals surface area contributed by atoms with E-state index >= 15 is 0 Å². The van der Waals surface area contributed by atoms with Gasteiger partial charge in [-0.2, -0.15) is 0 Å². The molecule has 2 nitrogen and oxygen atoms in total. The van der Waals surface area contributed by atoms with Gasteiger partial charge in [0.05, 0.1) is 12.2 Å². The van der Waals surface area contributed by atoms with Crippen LogP contribution in [-0.4, -0.2) is 23.9 Å². The van der Waals surface area contributed by atoms with Gasteiger partial charge in [0, 0.05) is 6.61 Å². The van der Waals surface area contributed by atoms with Crippen molar-refractivity contribution >= 4 is 0 Å². The van der Waals surface area contributed by atoms with Crippen LogP contribution < -0.4 is 0 Å². The maximum Gasteiger partial charge on any atom is 0.0628 e. The van der Waals surface area contributed by atoms with Crippen molar-refractivity contribution in [1.82, 2.24) is 0 Å². The molecular formula is C32H54O2. The molecule has 1 N–H and O–H groups in total. The molecule has 0 aromatic heterocycles. The number of hydrogen-bond acceptors (Lipinski definition) is 2. The van der Waals surface area contributed by atoms with E-state index in [1.54, 1.807) is 0 Å². The Morgan fingerprint density at radius 3 is 2.21 bits per heavy atom. The molecule has 4 saturated carbocycles. The number of allylic oxidation sites excluding steroid dienone is 4. The standard InChI is InChI=1S/C32H54O2/c1-10-34-27-16-17-30(7)25(29(27,5)6)15-19-31(8)26(30)20-24(33)28-23(14-18-32(28,31)9)22(4)13-11-12-21(2)3/h12-13,23-28,33H,10-11,14-20H2,1-9H3/b22-13+/t23?,24?,25?,26?,27-,28?,30?,31?,32?/m0/s1. The van der Waals surface area contributed by atoms with Gasteiger partial charge < -0.3 is 9.84 Å². The Labute approximate surface area is 211 Å². The summed E-state index contributed by atoms with van der Waals surface area (Å²) in [6.07, 6.45) is 14.6. The molecule has 0 bridgehead atoms. The fraction of sp³-hybridized carbons (Fsp3) is 0.875. The molecule has 0 heterocycles. The monoisotopic (exact) mass is 470 g/mol. The topological polar surface area (TPSA) is 29.5 Å². The van der Waals surface area contributed by atoms with Crippen LogP contribution in [0.3, 0.4) is 0 Å². The first kappa shape index (κ1) is 26.5. The maximum atomic E-state index is 11.8. The van der Waals surface area contributed by atoms with Crippen LogP contribution in [0.15, 0.2) is 23.3 Å². The summed E-state index contributed by atoms with van der Waals surface area (Å²) >= 11 is 0. The summed E-state index contributed by atoms with van der Waals surface area (Å²) in [5.41, 5.74) is 3.94. The lowest BCUT2D eigenvalue weighted by Crippen LogP contribution is -2.66.